The Morgan fingerprint density at radius 3 is 2.17 bits per heavy atom. The Labute approximate surface area is 174 Å². The summed E-state index contributed by atoms with van der Waals surface area (Å²) in [6.45, 7) is 1.54. The van der Waals surface area contributed by atoms with Gasteiger partial charge in [-0.3, -0.25) is 14.6 Å². The third kappa shape index (κ3) is 3.05. The highest BCUT2D eigenvalue weighted by molar-refractivity contribution is 6.32. The maximum absolute atomic E-state index is 13.4. The smallest absolute Gasteiger partial charge is 0.176 e. The largest absolute Gasteiger partial charge is 0.295 e. The van der Waals surface area contributed by atoms with Crippen molar-refractivity contribution in [1.29, 1.82) is 0 Å². The molecule has 3 heteroatoms. The van der Waals surface area contributed by atoms with Crippen molar-refractivity contribution in [1.82, 2.24) is 0 Å². The van der Waals surface area contributed by atoms with Gasteiger partial charge in [-0.2, -0.15) is 0 Å². The molecule has 0 fully saturated rings. The van der Waals surface area contributed by atoms with Crippen LogP contribution in [-0.2, 0) is 0 Å². The van der Waals surface area contributed by atoms with Crippen molar-refractivity contribution in [2.75, 3.05) is 0 Å². The zero-order valence-corrected chi connectivity index (χ0v) is 16.5. The van der Waals surface area contributed by atoms with Gasteiger partial charge in [-0.15, -0.1) is 0 Å². The van der Waals surface area contributed by atoms with E-state index in [0.29, 0.717) is 11.1 Å². The molecule has 0 bridgehead atoms. The molecule has 0 heterocycles. The van der Waals surface area contributed by atoms with E-state index in [-0.39, 0.29) is 11.6 Å². The molecule has 0 N–H and O–H groups in total. The van der Waals surface area contributed by atoms with Crippen molar-refractivity contribution in [3.8, 4) is 0 Å². The molecule has 0 radical (unpaired) electrons. The first-order chi connectivity index (χ1) is 14.6. The molecule has 0 aliphatic heterocycles. The lowest BCUT2D eigenvalue weighted by atomic mass is 9.91. The van der Waals surface area contributed by atoms with Crippen LogP contribution in [0, 0.1) is 0 Å². The molecule has 1 aliphatic rings. The van der Waals surface area contributed by atoms with Gasteiger partial charge in [0.2, 0.25) is 0 Å². The quantitative estimate of drug-likeness (QED) is 0.395. The van der Waals surface area contributed by atoms with E-state index in [2.05, 4.69) is 24.3 Å². The number of carbonyl (C=O) groups is 2. The highest BCUT2D eigenvalue weighted by Crippen LogP contribution is 2.37. The first-order valence-corrected chi connectivity index (χ1v) is 9.94. The number of aliphatic imine (C=N–C) groups is 1. The standard InChI is InChI=1S/C27H19NO2/c1-17(29)18-12-14-22(15-13-18)28-26-23-8-4-5-9-24(23)27(30)25(26)21-11-10-19-6-2-3-7-20(19)16-21/h2-16,25H,1H3/t25-/m0/s1. The number of Topliss-reactive ketones (excluding diaryl/α,β-unsaturated/α-hetero) is 2. The normalized spacial score (nSPS) is 16.8. The molecule has 5 rings (SSSR count). The van der Waals surface area contributed by atoms with E-state index in [9.17, 15) is 9.59 Å². The third-order valence-corrected chi connectivity index (χ3v) is 5.63. The molecule has 0 aromatic heterocycles. The Bertz CT molecular complexity index is 1330. The van der Waals surface area contributed by atoms with E-state index in [4.69, 9.17) is 4.99 Å². The first kappa shape index (κ1) is 18.2. The average Bonchev–Trinajstić information content (AvgIpc) is 3.05. The minimum absolute atomic E-state index is 0.0182. The summed E-state index contributed by atoms with van der Waals surface area (Å²) in [4.78, 5) is 29.8. The van der Waals surface area contributed by atoms with Crippen LogP contribution >= 0.6 is 0 Å². The van der Waals surface area contributed by atoms with Gasteiger partial charge in [-0.1, -0.05) is 66.7 Å². The van der Waals surface area contributed by atoms with Crippen LogP contribution in [0.3, 0.4) is 0 Å². The van der Waals surface area contributed by atoms with Gasteiger partial charge in [0.1, 0.15) is 0 Å². The summed E-state index contributed by atoms with van der Waals surface area (Å²) in [6.07, 6.45) is 0. The summed E-state index contributed by atoms with van der Waals surface area (Å²) >= 11 is 0. The second kappa shape index (κ2) is 7.20. The topological polar surface area (TPSA) is 46.5 Å². The van der Waals surface area contributed by atoms with Gasteiger partial charge in [-0.05, 0) is 47.5 Å². The van der Waals surface area contributed by atoms with Crippen molar-refractivity contribution in [3.63, 3.8) is 0 Å². The lowest BCUT2D eigenvalue weighted by Gasteiger charge is -2.12. The molecule has 0 unspecified atom stereocenters. The van der Waals surface area contributed by atoms with Crippen LogP contribution in [0.2, 0.25) is 0 Å². The molecule has 0 saturated heterocycles. The first-order valence-electron chi connectivity index (χ1n) is 9.94. The van der Waals surface area contributed by atoms with Gasteiger partial charge in [0.25, 0.3) is 0 Å². The van der Waals surface area contributed by atoms with Gasteiger partial charge in [0.15, 0.2) is 11.6 Å². The van der Waals surface area contributed by atoms with E-state index in [1.165, 1.54) is 0 Å². The Kier molecular flexibility index (Phi) is 4.36. The molecule has 0 amide bonds. The van der Waals surface area contributed by atoms with Crippen LogP contribution < -0.4 is 0 Å². The minimum Gasteiger partial charge on any atom is -0.295 e. The Morgan fingerprint density at radius 1 is 0.767 bits per heavy atom. The van der Waals surface area contributed by atoms with E-state index in [1.54, 1.807) is 19.1 Å². The Morgan fingerprint density at radius 2 is 1.43 bits per heavy atom. The van der Waals surface area contributed by atoms with Crippen LogP contribution in [-0.4, -0.2) is 17.3 Å². The SMILES string of the molecule is CC(=O)c1ccc(N=C2c3ccccc3C(=O)[C@H]2c2ccc3ccccc3c2)cc1. The van der Waals surface area contributed by atoms with Crippen molar-refractivity contribution >= 4 is 33.7 Å². The van der Waals surface area contributed by atoms with E-state index < -0.39 is 5.92 Å². The van der Waals surface area contributed by atoms with E-state index >= 15 is 0 Å². The molecule has 1 aliphatic carbocycles. The number of rotatable bonds is 3. The fraction of sp³-hybridized carbons (Fsp3) is 0.0741. The average molecular weight is 389 g/mol. The van der Waals surface area contributed by atoms with E-state index in [1.807, 2.05) is 54.6 Å². The number of hydrogen-bond acceptors (Lipinski definition) is 3. The number of hydrogen-bond donors (Lipinski definition) is 0. The molecule has 0 saturated carbocycles. The zero-order chi connectivity index (χ0) is 20.7. The minimum atomic E-state index is -0.445. The molecule has 30 heavy (non-hydrogen) atoms. The van der Waals surface area contributed by atoms with Crippen molar-refractivity contribution in [2.45, 2.75) is 12.8 Å². The van der Waals surface area contributed by atoms with Crippen LogP contribution in [0.5, 0.6) is 0 Å². The van der Waals surface area contributed by atoms with Crippen molar-refractivity contribution < 1.29 is 9.59 Å². The highest BCUT2D eigenvalue weighted by atomic mass is 16.1. The second-order valence-corrected chi connectivity index (χ2v) is 7.55. The Balaban J connectivity index is 1.66. The maximum Gasteiger partial charge on any atom is 0.176 e. The monoisotopic (exact) mass is 389 g/mol. The summed E-state index contributed by atoms with van der Waals surface area (Å²) in [6, 6.07) is 29.1. The van der Waals surface area contributed by atoms with Gasteiger partial charge in [-0.25, -0.2) is 0 Å². The van der Waals surface area contributed by atoms with Gasteiger partial charge in [0, 0.05) is 16.7 Å². The number of benzene rings is 4. The molecule has 0 spiro atoms. The predicted octanol–water partition coefficient (Wildman–Crippen LogP) is 6.14. The predicted molar refractivity (Wildman–Crippen MR) is 120 cm³/mol. The lowest BCUT2D eigenvalue weighted by molar-refractivity contribution is 0.0986. The fourth-order valence-corrected chi connectivity index (χ4v) is 4.09. The van der Waals surface area contributed by atoms with Crippen LogP contribution in [0.1, 0.15) is 44.7 Å². The van der Waals surface area contributed by atoms with Crippen LogP contribution in [0.4, 0.5) is 5.69 Å². The van der Waals surface area contributed by atoms with E-state index in [0.717, 1.165) is 33.3 Å². The number of ketones is 2. The summed E-state index contributed by atoms with van der Waals surface area (Å²) in [5, 5.41) is 2.24. The number of nitrogens with zero attached hydrogens (tertiary/aromatic N) is 1. The lowest BCUT2D eigenvalue weighted by Crippen LogP contribution is -2.13. The van der Waals surface area contributed by atoms with Crippen LogP contribution in [0.25, 0.3) is 10.8 Å². The number of fused-ring (bicyclic) bond motifs is 2. The second-order valence-electron chi connectivity index (χ2n) is 7.55. The molecule has 4 aromatic carbocycles. The molecular weight excluding hydrogens is 370 g/mol. The van der Waals surface area contributed by atoms with Gasteiger partial charge >= 0.3 is 0 Å². The van der Waals surface area contributed by atoms with Crippen molar-refractivity contribution in [3.05, 3.63) is 113 Å². The zero-order valence-electron chi connectivity index (χ0n) is 16.5. The molecule has 3 nitrogen and oxygen atoms in total. The summed E-state index contributed by atoms with van der Waals surface area (Å²) < 4.78 is 0. The van der Waals surface area contributed by atoms with Crippen LogP contribution in [0.15, 0.2) is 96.0 Å². The van der Waals surface area contributed by atoms with Gasteiger partial charge < -0.3 is 0 Å². The molecule has 4 aromatic rings. The van der Waals surface area contributed by atoms with Gasteiger partial charge in [0.05, 0.1) is 17.3 Å². The molecule has 144 valence electrons. The Hall–Kier alpha value is -3.85. The maximum atomic E-state index is 13.4. The number of carbonyl (C=O) groups excluding carboxylic acids is 2. The fourth-order valence-electron chi connectivity index (χ4n) is 4.09. The summed E-state index contributed by atoms with van der Waals surface area (Å²) in [5.74, 6) is -0.357. The third-order valence-electron chi connectivity index (χ3n) is 5.63. The summed E-state index contributed by atoms with van der Waals surface area (Å²) in [7, 11) is 0. The van der Waals surface area contributed by atoms with Crippen molar-refractivity contribution in [2.24, 2.45) is 4.99 Å². The highest BCUT2D eigenvalue weighted by Gasteiger charge is 2.37. The summed E-state index contributed by atoms with van der Waals surface area (Å²) in [5.41, 5.74) is 4.64. The molecular formula is C27H19NO2. The molecule has 1 atom stereocenters.